The van der Waals surface area contributed by atoms with Crippen LogP contribution in [0.2, 0.25) is 0 Å². The molecule has 0 spiro atoms. The summed E-state index contributed by atoms with van der Waals surface area (Å²) in [5.74, 6) is -1.83. The fraction of sp³-hybridized carbons (Fsp3) is 0.661. The molecule has 0 heterocycles. The van der Waals surface area contributed by atoms with Crippen molar-refractivity contribution >= 4 is 17.9 Å². The lowest BCUT2D eigenvalue weighted by molar-refractivity contribution is -0.889. The summed E-state index contributed by atoms with van der Waals surface area (Å²) >= 11 is 0. The SMILES string of the molecule is CC/C=C/C/C=C/C/C=C/C/C=C/C/C=C/CCCCCCCCCC(=O)OCC(COCCC(C(=O)[O-])[N+](C)(C)C)OC(=O)CCC/C=C/C/C=C/C/C=C/CCCCCCCC. The molecule has 0 saturated carbocycles. The van der Waals surface area contributed by atoms with E-state index in [0.29, 0.717) is 12.8 Å². The van der Waals surface area contributed by atoms with Crippen LogP contribution >= 0.6 is 0 Å². The number of carboxylic acid groups (broad SMARTS) is 1. The first-order chi connectivity index (χ1) is 31.1. The Morgan fingerprint density at radius 1 is 0.484 bits per heavy atom. The van der Waals surface area contributed by atoms with Gasteiger partial charge in [-0.2, -0.15) is 0 Å². The molecular weight excluding hydrogens is 799 g/mol. The lowest BCUT2D eigenvalue weighted by atomic mass is 10.1. The van der Waals surface area contributed by atoms with Gasteiger partial charge in [0, 0.05) is 19.3 Å². The normalized spacial score (nSPS) is 13.7. The van der Waals surface area contributed by atoms with E-state index in [2.05, 4.69) is 111 Å². The number of esters is 2. The molecule has 8 heteroatoms. The zero-order valence-corrected chi connectivity index (χ0v) is 41.4. The Morgan fingerprint density at radius 3 is 1.34 bits per heavy atom. The van der Waals surface area contributed by atoms with Crippen LogP contribution in [-0.4, -0.2) is 75.5 Å². The molecule has 364 valence electrons. The average molecular weight is 892 g/mol. The number of likely N-dealkylation sites (N-methyl/N-ethyl adjacent to an activating group) is 1. The van der Waals surface area contributed by atoms with Crippen molar-refractivity contribution in [3.05, 3.63) is 97.2 Å². The van der Waals surface area contributed by atoms with Gasteiger partial charge in [-0.1, -0.05) is 175 Å². The number of carboxylic acids is 1. The fourth-order valence-corrected chi connectivity index (χ4v) is 6.82. The molecule has 0 amide bonds. The first kappa shape index (κ1) is 60.2. The highest BCUT2D eigenvalue weighted by Gasteiger charge is 2.25. The Morgan fingerprint density at radius 2 is 0.891 bits per heavy atom. The maximum atomic E-state index is 12.7. The molecule has 8 nitrogen and oxygen atoms in total. The van der Waals surface area contributed by atoms with E-state index in [1.54, 1.807) is 21.1 Å². The van der Waals surface area contributed by atoms with Gasteiger partial charge in [-0.25, -0.2) is 0 Å². The van der Waals surface area contributed by atoms with Crippen LogP contribution in [0.3, 0.4) is 0 Å². The van der Waals surface area contributed by atoms with E-state index in [1.165, 1.54) is 64.2 Å². The van der Waals surface area contributed by atoms with Crippen molar-refractivity contribution in [2.75, 3.05) is 41.0 Å². The average Bonchev–Trinajstić information content (AvgIpc) is 3.26. The summed E-state index contributed by atoms with van der Waals surface area (Å²) in [6.07, 6.45) is 61.6. The zero-order chi connectivity index (χ0) is 47.0. The second kappa shape index (κ2) is 45.8. The molecule has 0 aliphatic rings. The number of aliphatic carboxylic acids is 1. The van der Waals surface area contributed by atoms with Gasteiger partial charge in [-0.15, -0.1) is 0 Å². The van der Waals surface area contributed by atoms with Gasteiger partial charge in [0.25, 0.3) is 0 Å². The van der Waals surface area contributed by atoms with Crippen LogP contribution in [0.5, 0.6) is 0 Å². The van der Waals surface area contributed by atoms with Crippen molar-refractivity contribution < 1.29 is 38.2 Å². The van der Waals surface area contributed by atoms with Gasteiger partial charge in [0.05, 0.1) is 40.3 Å². The maximum absolute atomic E-state index is 12.7. The van der Waals surface area contributed by atoms with Crippen LogP contribution in [-0.2, 0) is 28.6 Å². The Balaban J connectivity index is 4.36. The van der Waals surface area contributed by atoms with Gasteiger partial charge in [-0.3, -0.25) is 9.59 Å². The van der Waals surface area contributed by atoms with Gasteiger partial charge in [0.15, 0.2) is 6.10 Å². The Labute approximate surface area is 392 Å². The van der Waals surface area contributed by atoms with Crippen LogP contribution in [0.25, 0.3) is 0 Å². The summed E-state index contributed by atoms with van der Waals surface area (Å²) in [6.45, 7) is 4.47. The van der Waals surface area contributed by atoms with Crippen LogP contribution in [0.15, 0.2) is 97.2 Å². The smallest absolute Gasteiger partial charge is 0.306 e. The van der Waals surface area contributed by atoms with E-state index < -0.39 is 18.1 Å². The highest BCUT2D eigenvalue weighted by atomic mass is 16.6. The molecule has 64 heavy (non-hydrogen) atoms. The van der Waals surface area contributed by atoms with Crippen LogP contribution in [0, 0.1) is 0 Å². The monoisotopic (exact) mass is 892 g/mol. The molecule has 0 radical (unpaired) electrons. The molecular formula is C56H93NO7. The summed E-state index contributed by atoms with van der Waals surface area (Å²) in [6, 6.07) is -0.742. The first-order valence-electron chi connectivity index (χ1n) is 25.3. The number of ether oxygens (including phenoxy) is 3. The van der Waals surface area contributed by atoms with E-state index >= 15 is 0 Å². The van der Waals surface area contributed by atoms with Crippen molar-refractivity contribution in [1.82, 2.24) is 0 Å². The predicted molar refractivity (Wildman–Crippen MR) is 268 cm³/mol. The van der Waals surface area contributed by atoms with Crippen LogP contribution < -0.4 is 5.11 Å². The molecule has 0 aliphatic carbocycles. The van der Waals surface area contributed by atoms with E-state index in [4.69, 9.17) is 14.2 Å². The number of allylic oxidation sites excluding steroid dienone is 16. The van der Waals surface area contributed by atoms with Gasteiger partial charge in [0.1, 0.15) is 12.6 Å². The zero-order valence-electron chi connectivity index (χ0n) is 41.4. The topological polar surface area (TPSA) is 102 Å². The summed E-state index contributed by atoms with van der Waals surface area (Å²) < 4.78 is 17.2. The highest BCUT2D eigenvalue weighted by Crippen LogP contribution is 2.13. The number of hydrogen-bond donors (Lipinski definition) is 0. The second-order valence-corrected chi connectivity index (χ2v) is 17.7. The molecule has 0 saturated heterocycles. The number of rotatable bonds is 44. The van der Waals surface area contributed by atoms with E-state index in [-0.39, 0.29) is 49.1 Å². The van der Waals surface area contributed by atoms with Crippen molar-refractivity contribution in [2.45, 2.75) is 199 Å². The summed E-state index contributed by atoms with van der Waals surface area (Å²) in [7, 11) is 5.38. The summed E-state index contributed by atoms with van der Waals surface area (Å²) in [4.78, 5) is 37.0. The largest absolute Gasteiger partial charge is 0.544 e. The molecule has 0 fully saturated rings. The molecule has 2 unspecified atom stereocenters. The Bertz CT molecular complexity index is 1360. The summed E-state index contributed by atoms with van der Waals surface area (Å²) in [5, 5.41) is 11.7. The molecule has 2 atom stereocenters. The molecule has 0 aromatic rings. The molecule has 0 rings (SSSR count). The molecule has 0 bridgehead atoms. The Hall–Kier alpha value is -3.75. The van der Waals surface area contributed by atoms with Gasteiger partial charge in [-0.05, 0) is 89.9 Å². The Kier molecular flexibility index (Phi) is 43.1. The minimum absolute atomic E-state index is 0.0114. The predicted octanol–water partition coefficient (Wildman–Crippen LogP) is 13.3. The fourth-order valence-electron chi connectivity index (χ4n) is 6.82. The molecule has 0 aliphatic heterocycles. The third kappa shape index (κ3) is 43.5. The van der Waals surface area contributed by atoms with Gasteiger partial charge >= 0.3 is 11.9 Å². The number of quaternary nitrogens is 1. The van der Waals surface area contributed by atoms with Gasteiger partial charge in [0.2, 0.25) is 0 Å². The lowest BCUT2D eigenvalue weighted by Crippen LogP contribution is -2.55. The molecule has 0 aromatic heterocycles. The number of unbranched alkanes of at least 4 members (excludes halogenated alkanes) is 14. The second-order valence-electron chi connectivity index (χ2n) is 17.7. The van der Waals surface area contributed by atoms with E-state index in [1.807, 2.05) is 0 Å². The minimum Gasteiger partial charge on any atom is -0.544 e. The van der Waals surface area contributed by atoms with Crippen molar-refractivity contribution in [1.29, 1.82) is 0 Å². The number of nitrogens with zero attached hydrogens (tertiary/aromatic N) is 1. The van der Waals surface area contributed by atoms with Crippen molar-refractivity contribution in [3.8, 4) is 0 Å². The highest BCUT2D eigenvalue weighted by molar-refractivity contribution is 5.70. The molecule has 0 N–H and O–H groups in total. The van der Waals surface area contributed by atoms with Crippen molar-refractivity contribution in [3.63, 3.8) is 0 Å². The van der Waals surface area contributed by atoms with Crippen LogP contribution in [0.4, 0.5) is 0 Å². The van der Waals surface area contributed by atoms with E-state index in [9.17, 15) is 19.5 Å². The van der Waals surface area contributed by atoms with Crippen LogP contribution in [0.1, 0.15) is 187 Å². The third-order valence-corrected chi connectivity index (χ3v) is 10.7. The third-order valence-electron chi connectivity index (χ3n) is 10.7. The number of carbonyl (C=O) groups is 3. The number of carbonyl (C=O) groups excluding carboxylic acids is 3. The van der Waals surface area contributed by atoms with Crippen molar-refractivity contribution in [2.24, 2.45) is 0 Å². The standard InChI is InChI=1S/C56H93NO7/c1-6-8-10-12-14-16-18-20-22-24-25-26-27-28-29-31-32-34-36-38-40-42-44-46-54(58)63-51-52(50-62-49-48-53(56(60)61)57(3,4)5)64-55(59)47-45-43-41-39-37-35-33-30-23-21-19-17-15-13-11-9-7-2/h8,10,14,16,20-23,25-26,28-29,33,35,39,41,52-53H,6-7,9,11-13,15,17-19,24,27,30-32,34,36-38,40,42-51H2,1-5H3/b10-8+,16-14+,22-20+,23-21+,26-25+,29-28+,35-33+,41-39+. The molecule has 0 aromatic carbocycles. The first-order valence-corrected chi connectivity index (χ1v) is 25.3. The van der Waals surface area contributed by atoms with E-state index in [0.717, 1.165) is 83.5 Å². The summed E-state index contributed by atoms with van der Waals surface area (Å²) in [5.41, 5.74) is 0. The van der Waals surface area contributed by atoms with Gasteiger partial charge < -0.3 is 28.6 Å². The maximum Gasteiger partial charge on any atom is 0.306 e. The number of hydrogen-bond acceptors (Lipinski definition) is 7. The quantitative estimate of drug-likeness (QED) is 0.0260. The lowest BCUT2D eigenvalue weighted by Gasteiger charge is -2.34. The minimum atomic E-state index is -1.14.